The Kier molecular flexibility index (Phi) is 11.1. The molecule has 0 aliphatic rings. The molecular weight excluding hydrogens is 179 g/mol. The van der Waals surface area contributed by atoms with E-state index in [4.69, 9.17) is 0 Å². The molecule has 0 bridgehead atoms. The second-order valence-corrected chi connectivity index (χ2v) is 2.70. The van der Waals surface area contributed by atoms with Crippen LogP contribution in [-0.4, -0.2) is 27.6 Å². The molecule has 0 aromatic heterocycles. The van der Waals surface area contributed by atoms with Crippen LogP contribution in [0.5, 0.6) is 0 Å². The number of carbonyl (C=O) groups is 1. The topological polar surface area (TPSA) is 66.4 Å². The number of carbonyl (C=O) groups excluding carboxylic acids is 1. The van der Waals surface area contributed by atoms with Gasteiger partial charge in [-0.15, -0.1) is 0 Å². The summed E-state index contributed by atoms with van der Waals surface area (Å²) < 4.78 is 24.1. The van der Waals surface area contributed by atoms with Crippen LogP contribution in [0.2, 0.25) is 0 Å². The Morgan fingerprint density at radius 1 is 1.64 bits per heavy atom. The molecular formula is C5H9NaO4S. The molecule has 0 aromatic rings. The number of hydrogen-bond acceptors (Lipinski definition) is 4. The molecule has 0 heterocycles. The molecule has 0 saturated carbocycles. The number of rotatable bonds is 4. The first-order valence-corrected chi connectivity index (χ1v) is 4.04. The SMILES string of the molecule is COC(=O)CCCS(=O)[O-].[Na+]. The molecule has 11 heavy (non-hydrogen) atoms. The van der Waals surface area contributed by atoms with Crippen LogP contribution >= 0.6 is 0 Å². The quantitative estimate of drug-likeness (QED) is 0.265. The number of hydrogen-bond donors (Lipinski definition) is 0. The summed E-state index contributed by atoms with van der Waals surface area (Å²) in [5, 5.41) is 0. The van der Waals surface area contributed by atoms with Gasteiger partial charge in [0, 0.05) is 12.2 Å². The second kappa shape index (κ2) is 8.67. The zero-order chi connectivity index (χ0) is 7.98. The zero-order valence-electron chi connectivity index (χ0n) is 6.66. The van der Waals surface area contributed by atoms with Crippen molar-refractivity contribution in [1.82, 2.24) is 0 Å². The first-order chi connectivity index (χ1) is 4.66. The van der Waals surface area contributed by atoms with Crippen LogP contribution in [0, 0.1) is 0 Å². The van der Waals surface area contributed by atoms with Gasteiger partial charge in [0.05, 0.1) is 7.11 Å². The van der Waals surface area contributed by atoms with Gasteiger partial charge in [0.2, 0.25) is 0 Å². The first-order valence-electron chi connectivity index (χ1n) is 2.79. The van der Waals surface area contributed by atoms with E-state index in [1.807, 2.05) is 0 Å². The van der Waals surface area contributed by atoms with Crippen LogP contribution in [-0.2, 0) is 20.6 Å². The summed E-state index contributed by atoms with van der Waals surface area (Å²) >= 11 is -2.04. The molecule has 0 saturated heterocycles. The summed E-state index contributed by atoms with van der Waals surface area (Å²) in [7, 11) is 1.27. The Bertz CT molecular complexity index is 138. The molecule has 0 rings (SSSR count). The first kappa shape index (κ1) is 14.1. The van der Waals surface area contributed by atoms with Gasteiger partial charge in [-0.05, 0) is 6.42 Å². The summed E-state index contributed by atoms with van der Waals surface area (Å²) in [5.41, 5.74) is 0. The maximum absolute atomic E-state index is 10.4. The van der Waals surface area contributed by atoms with Crippen molar-refractivity contribution >= 4 is 17.0 Å². The smallest absolute Gasteiger partial charge is 0.772 e. The van der Waals surface area contributed by atoms with Gasteiger partial charge in [0.1, 0.15) is 0 Å². The average molecular weight is 188 g/mol. The van der Waals surface area contributed by atoms with E-state index >= 15 is 0 Å². The predicted molar refractivity (Wildman–Crippen MR) is 35.0 cm³/mol. The third-order valence-corrected chi connectivity index (χ3v) is 1.54. The minimum atomic E-state index is -2.04. The Hall–Kier alpha value is 0.580. The van der Waals surface area contributed by atoms with E-state index in [9.17, 15) is 13.6 Å². The van der Waals surface area contributed by atoms with E-state index in [2.05, 4.69) is 4.74 Å². The van der Waals surface area contributed by atoms with Crippen LogP contribution in [0.25, 0.3) is 0 Å². The van der Waals surface area contributed by atoms with Crippen molar-refractivity contribution in [3.8, 4) is 0 Å². The largest absolute Gasteiger partial charge is 1.00 e. The molecule has 60 valence electrons. The third-order valence-electron chi connectivity index (χ3n) is 0.920. The molecule has 0 aliphatic carbocycles. The van der Waals surface area contributed by atoms with Gasteiger partial charge in [0.25, 0.3) is 0 Å². The summed E-state index contributed by atoms with van der Waals surface area (Å²) in [6.07, 6.45) is 0.507. The summed E-state index contributed by atoms with van der Waals surface area (Å²) in [5.74, 6) is -0.347. The van der Waals surface area contributed by atoms with Crippen molar-refractivity contribution in [3.05, 3.63) is 0 Å². The maximum Gasteiger partial charge on any atom is 1.00 e. The fourth-order valence-electron chi connectivity index (χ4n) is 0.436. The third kappa shape index (κ3) is 10.6. The molecule has 0 radical (unpaired) electrons. The van der Waals surface area contributed by atoms with Gasteiger partial charge in [-0.1, -0.05) is 11.1 Å². The predicted octanol–water partition coefficient (Wildman–Crippen LogP) is -3.18. The Balaban J connectivity index is 0. The van der Waals surface area contributed by atoms with Crippen molar-refractivity contribution in [2.45, 2.75) is 12.8 Å². The van der Waals surface area contributed by atoms with E-state index in [1.165, 1.54) is 7.11 Å². The minimum absolute atomic E-state index is 0. The summed E-state index contributed by atoms with van der Waals surface area (Å²) in [6.45, 7) is 0. The number of ether oxygens (including phenoxy) is 1. The molecule has 6 heteroatoms. The molecule has 0 amide bonds. The molecule has 0 spiro atoms. The van der Waals surface area contributed by atoms with Crippen molar-refractivity contribution in [2.75, 3.05) is 12.9 Å². The summed E-state index contributed by atoms with van der Waals surface area (Å²) in [6, 6.07) is 0. The van der Waals surface area contributed by atoms with E-state index in [0.717, 1.165) is 0 Å². The van der Waals surface area contributed by atoms with E-state index in [0.29, 0.717) is 6.42 Å². The zero-order valence-corrected chi connectivity index (χ0v) is 9.48. The van der Waals surface area contributed by atoms with E-state index in [1.54, 1.807) is 0 Å². The molecule has 0 aromatic carbocycles. The molecule has 1 atom stereocenters. The fourth-order valence-corrected chi connectivity index (χ4v) is 0.816. The van der Waals surface area contributed by atoms with Crippen molar-refractivity contribution in [1.29, 1.82) is 0 Å². The molecule has 1 unspecified atom stereocenters. The molecule has 0 aliphatic heterocycles. The Morgan fingerprint density at radius 3 is 2.55 bits per heavy atom. The van der Waals surface area contributed by atoms with Crippen LogP contribution in [0.1, 0.15) is 12.8 Å². The van der Waals surface area contributed by atoms with Crippen LogP contribution in [0.15, 0.2) is 0 Å². The average Bonchev–Trinajstić information content (AvgIpc) is 1.87. The van der Waals surface area contributed by atoms with Gasteiger partial charge in [-0.2, -0.15) is 0 Å². The Morgan fingerprint density at radius 2 is 2.18 bits per heavy atom. The van der Waals surface area contributed by atoms with Gasteiger partial charge in [0.15, 0.2) is 0 Å². The normalized spacial score (nSPS) is 11.5. The summed E-state index contributed by atoms with van der Waals surface area (Å²) in [4.78, 5) is 10.4. The number of esters is 1. The van der Waals surface area contributed by atoms with E-state index in [-0.39, 0.29) is 47.7 Å². The van der Waals surface area contributed by atoms with Crippen LogP contribution in [0.3, 0.4) is 0 Å². The Labute approximate surface area is 90.3 Å². The van der Waals surface area contributed by atoms with Gasteiger partial charge in [-0.25, -0.2) is 0 Å². The van der Waals surface area contributed by atoms with Crippen molar-refractivity contribution in [3.63, 3.8) is 0 Å². The van der Waals surface area contributed by atoms with Gasteiger partial charge >= 0.3 is 35.5 Å². The van der Waals surface area contributed by atoms with Crippen LogP contribution < -0.4 is 29.6 Å². The second-order valence-electron chi connectivity index (χ2n) is 1.69. The van der Waals surface area contributed by atoms with Crippen LogP contribution in [0.4, 0.5) is 0 Å². The van der Waals surface area contributed by atoms with Crippen molar-refractivity contribution < 1.29 is 47.9 Å². The van der Waals surface area contributed by atoms with Crippen molar-refractivity contribution in [2.24, 2.45) is 0 Å². The standard InChI is InChI=1S/C5H10O4S.Na/c1-9-5(6)3-2-4-10(7)8;/h2-4H2,1H3,(H,7,8);/q;+1/p-1. The minimum Gasteiger partial charge on any atom is -0.772 e. The molecule has 0 N–H and O–H groups in total. The van der Waals surface area contributed by atoms with Gasteiger partial charge < -0.3 is 9.29 Å². The fraction of sp³-hybridized carbons (Fsp3) is 0.800. The monoisotopic (exact) mass is 188 g/mol. The van der Waals surface area contributed by atoms with Gasteiger partial charge in [-0.3, -0.25) is 9.00 Å². The number of methoxy groups -OCH3 is 1. The molecule has 0 fully saturated rings. The maximum atomic E-state index is 10.4. The molecule has 4 nitrogen and oxygen atoms in total. The van der Waals surface area contributed by atoms with E-state index < -0.39 is 11.1 Å².